The first-order valence-corrected chi connectivity index (χ1v) is 15.7. The molecule has 0 bridgehead atoms. The van der Waals surface area contributed by atoms with Crippen LogP contribution in [0.3, 0.4) is 0 Å². The van der Waals surface area contributed by atoms with Crippen LogP contribution in [-0.4, -0.2) is 41.5 Å². The van der Waals surface area contributed by atoms with Crippen LogP contribution in [0, 0.1) is 0 Å². The van der Waals surface area contributed by atoms with E-state index in [2.05, 4.69) is 4.99 Å². The van der Waals surface area contributed by atoms with Gasteiger partial charge in [0.2, 0.25) is 0 Å². The molecule has 0 spiro atoms. The van der Waals surface area contributed by atoms with Gasteiger partial charge in [-0.15, -0.1) is 0 Å². The SMILES string of the molecule is CCOC(=O)C1=C(C(F)(F)F)N=c2s/c(=C\c3ccc(OCc4cccc(C(=O)O)c4)cc3)c(=O)n2[C@H]1c1c(OC)ccc2ccccc12. The number of benzene rings is 4. The van der Waals surface area contributed by atoms with E-state index in [1.807, 2.05) is 0 Å². The molecule has 5 aromatic rings. The second-order valence-electron chi connectivity index (χ2n) is 10.8. The third-order valence-corrected chi connectivity index (χ3v) is 8.76. The fraction of sp³-hybridized carbons (Fsp3) is 0.167. The van der Waals surface area contributed by atoms with Crippen molar-refractivity contribution in [3.63, 3.8) is 0 Å². The molecule has 13 heteroatoms. The Hall–Kier alpha value is -5.69. The first-order valence-electron chi connectivity index (χ1n) is 14.9. The molecule has 1 aromatic heterocycles. The van der Waals surface area contributed by atoms with E-state index in [0.717, 1.165) is 15.9 Å². The van der Waals surface area contributed by atoms with Crippen LogP contribution in [0.25, 0.3) is 16.8 Å². The molecule has 1 aliphatic rings. The number of hydrogen-bond donors (Lipinski definition) is 1. The highest BCUT2D eigenvalue weighted by Gasteiger charge is 2.46. The maximum atomic E-state index is 14.7. The zero-order valence-electron chi connectivity index (χ0n) is 26.0. The highest BCUT2D eigenvalue weighted by Crippen LogP contribution is 2.43. The Labute approximate surface area is 280 Å². The van der Waals surface area contributed by atoms with Crippen LogP contribution in [0.5, 0.6) is 11.5 Å². The lowest BCUT2D eigenvalue weighted by atomic mass is 9.90. The van der Waals surface area contributed by atoms with Gasteiger partial charge in [0.15, 0.2) is 10.5 Å². The molecular weight excluding hydrogens is 661 g/mol. The molecule has 1 atom stereocenters. The quantitative estimate of drug-likeness (QED) is 0.195. The molecule has 9 nitrogen and oxygen atoms in total. The van der Waals surface area contributed by atoms with Crippen molar-refractivity contribution in [1.82, 2.24) is 4.57 Å². The molecule has 250 valence electrons. The van der Waals surface area contributed by atoms with Crippen LogP contribution in [0.4, 0.5) is 13.2 Å². The number of allylic oxidation sites excluding steroid dienone is 1. The number of aromatic carboxylic acids is 1. The van der Waals surface area contributed by atoms with Gasteiger partial charge in [0, 0.05) is 5.56 Å². The van der Waals surface area contributed by atoms with E-state index >= 15 is 0 Å². The summed E-state index contributed by atoms with van der Waals surface area (Å²) in [6.07, 6.45) is -3.54. The van der Waals surface area contributed by atoms with Crippen LogP contribution < -0.4 is 24.4 Å². The Morgan fingerprint density at radius 3 is 2.47 bits per heavy atom. The van der Waals surface area contributed by atoms with Gasteiger partial charge in [0.25, 0.3) is 5.56 Å². The number of rotatable bonds is 9. The lowest BCUT2D eigenvalue weighted by Crippen LogP contribution is -2.41. The van der Waals surface area contributed by atoms with Gasteiger partial charge in [-0.05, 0) is 65.2 Å². The zero-order valence-corrected chi connectivity index (χ0v) is 26.8. The summed E-state index contributed by atoms with van der Waals surface area (Å²) in [5, 5.41) is 10.4. The van der Waals surface area contributed by atoms with Gasteiger partial charge in [-0.25, -0.2) is 14.6 Å². The lowest BCUT2D eigenvalue weighted by Gasteiger charge is -2.28. The molecule has 2 heterocycles. The number of carboxylic acids is 1. The minimum Gasteiger partial charge on any atom is -0.496 e. The van der Waals surface area contributed by atoms with E-state index < -0.39 is 41.0 Å². The Bertz CT molecular complexity index is 2310. The number of carboxylic acid groups (broad SMARTS) is 1. The van der Waals surface area contributed by atoms with E-state index in [9.17, 15) is 32.7 Å². The van der Waals surface area contributed by atoms with Crippen LogP contribution in [0.1, 0.15) is 40.0 Å². The van der Waals surface area contributed by atoms with Gasteiger partial charge in [-0.2, -0.15) is 13.2 Å². The van der Waals surface area contributed by atoms with Crippen LogP contribution in [0.2, 0.25) is 0 Å². The maximum absolute atomic E-state index is 14.7. The first-order chi connectivity index (χ1) is 23.5. The topological polar surface area (TPSA) is 116 Å². The smallest absolute Gasteiger partial charge is 0.434 e. The molecule has 0 saturated carbocycles. The summed E-state index contributed by atoms with van der Waals surface area (Å²) in [5.41, 5.74) is -1.41. The molecule has 1 N–H and O–H groups in total. The summed E-state index contributed by atoms with van der Waals surface area (Å²) in [4.78, 5) is 42.4. The summed E-state index contributed by atoms with van der Waals surface area (Å²) in [5.74, 6) is -1.66. The van der Waals surface area contributed by atoms with Crippen LogP contribution in [0.15, 0.2) is 106 Å². The molecule has 0 fully saturated rings. The fourth-order valence-electron chi connectivity index (χ4n) is 5.62. The monoisotopic (exact) mass is 688 g/mol. The number of carbonyl (C=O) groups excluding carboxylic acids is 1. The summed E-state index contributed by atoms with van der Waals surface area (Å²) >= 11 is 0.758. The zero-order chi connectivity index (χ0) is 34.9. The number of halogens is 3. The number of fused-ring (bicyclic) bond motifs is 2. The molecule has 0 radical (unpaired) electrons. The van der Waals surface area contributed by atoms with E-state index in [1.54, 1.807) is 72.8 Å². The van der Waals surface area contributed by atoms with E-state index in [-0.39, 0.29) is 39.4 Å². The van der Waals surface area contributed by atoms with Gasteiger partial charge in [0.05, 0.1) is 29.4 Å². The molecule has 49 heavy (non-hydrogen) atoms. The number of thiazole rings is 1. The minimum absolute atomic E-state index is 0.0775. The predicted molar refractivity (Wildman–Crippen MR) is 175 cm³/mol. The van der Waals surface area contributed by atoms with Crippen LogP contribution >= 0.6 is 11.3 Å². The minimum atomic E-state index is -5.06. The Balaban J connectivity index is 1.47. The lowest BCUT2D eigenvalue weighted by molar-refractivity contribution is -0.140. The van der Waals surface area contributed by atoms with E-state index in [1.165, 1.54) is 32.2 Å². The van der Waals surface area contributed by atoms with Crippen molar-refractivity contribution in [2.45, 2.75) is 25.7 Å². The van der Waals surface area contributed by atoms with Crippen molar-refractivity contribution >= 4 is 40.1 Å². The van der Waals surface area contributed by atoms with Crippen LogP contribution in [-0.2, 0) is 16.1 Å². The molecule has 0 aliphatic carbocycles. The van der Waals surface area contributed by atoms with E-state index in [0.29, 0.717) is 27.6 Å². The Morgan fingerprint density at radius 2 is 1.78 bits per heavy atom. The Kier molecular flexibility index (Phi) is 9.11. The Morgan fingerprint density at radius 1 is 1.02 bits per heavy atom. The van der Waals surface area contributed by atoms with Crippen molar-refractivity contribution in [3.05, 3.63) is 138 Å². The highest BCUT2D eigenvalue weighted by atomic mass is 32.1. The second-order valence-corrected chi connectivity index (χ2v) is 11.8. The van der Waals surface area contributed by atoms with Crippen molar-refractivity contribution in [3.8, 4) is 11.5 Å². The summed E-state index contributed by atoms with van der Waals surface area (Å²) in [6.45, 7) is 1.38. The van der Waals surface area contributed by atoms with Gasteiger partial charge < -0.3 is 19.3 Å². The standard InChI is InChI=1S/C36H27F3N2O7S/c1-3-47-34(45)29-30(28-25-10-5-4-8-22(25)13-16-26(28)46-2)41-32(42)27(49-35(41)40-31(29)36(37,38)39)18-20-11-14-24(15-12-20)48-19-21-7-6-9-23(17-21)33(43)44/h4-18,30H,3,19H2,1-2H3,(H,43,44)/b27-18-/t30-/m0/s1. The predicted octanol–water partition coefficient (Wildman–Crippen LogP) is 5.78. The summed E-state index contributed by atoms with van der Waals surface area (Å²) in [6, 6.07) is 21.6. The van der Waals surface area contributed by atoms with Gasteiger partial charge >= 0.3 is 18.1 Å². The fourth-order valence-corrected chi connectivity index (χ4v) is 6.62. The van der Waals surface area contributed by atoms with Crippen molar-refractivity contribution in [2.75, 3.05) is 13.7 Å². The number of ether oxygens (including phenoxy) is 3. The number of methoxy groups -OCH3 is 1. The third kappa shape index (κ3) is 6.57. The molecule has 0 unspecified atom stereocenters. The van der Waals surface area contributed by atoms with E-state index in [4.69, 9.17) is 14.2 Å². The van der Waals surface area contributed by atoms with Crippen molar-refractivity contribution < 1.29 is 42.1 Å². The van der Waals surface area contributed by atoms with Crippen molar-refractivity contribution in [2.24, 2.45) is 4.99 Å². The molecule has 1 aliphatic heterocycles. The largest absolute Gasteiger partial charge is 0.496 e. The average molecular weight is 689 g/mol. The number of nitrogens with zero attached hydrogens (tertiary/aromatic N) is 2. The van der Waals surface area contributed by atoms with Gasteiger partial charge in [-0.1, -0.05) is 65.9 Å². The van der Waals surface area contributed by atoms with Gasteiger partial charge in [0.1, 0.15) is 24.1 Å². The van der Waals surface area contributed by atoms with Crippen molar-refractivity contribution in [1.29, 1.82) is 0 Å². The number of hydrogen-bond acceptors (Lipinski definition) is 8. The average Bonchev–Trinajstić information content (AvgIpc) is 3.40. The maximum Gasteiger partial charge on any atom is 0.434 e. The van der Waals surface area contributed by atoms with Gasteiger partial charge in [-0.3, -0.25) is 9.36 Å². The third-order valence-electron chi connectivity index (χ3n) is 7.78. The number of aromatic nitrogens is 1. The summed E-state index contributed by atoms with van der Waals surface area (Å²) in [7, 11) is 1.36. The number of alkyl halides is 3. The molecular formula is C36H27F3N2O7S. The summed E-state index contributed by atoms with van der Waals surface area (Å²) < 4.78 is 61.7. The highest BCUT2D eigenvalue weighted by molar-refractivity contribution is 7.07. The molecule has 0 amide bonds. The normalized spacial score (nSPS) is 14.7. The number of carbonyl (C=O) groups is 2. The first kappa shape index (κ1) is 33.2. The second kappa shape index (κ2) is 13.4. The molecule has 4 aromatic carbocycles. The number of esters is 1. The molecule has 0 saturated heterocycles. The molecule has 6 rings (SSSR count).